The molecule has 0 saturated carbocycles. The van der Waals surface area contributed by atoms with Crippen molar-refractivity contribution in [2.75, 3.05) is 21.3 Å². The SMILES string of the molecule is COc1ccc(-c2c(C(=O)O)c(CSc3nccn3C)nc3cc(OC)c(OC)cc23)cc1. The number of hydrogen-bond acceptors (Lipinski definition) is 7. The highest BCUT2D eigenvalue weighted by molar-refractivity contribution is 7.98. The number of rotatable bonds is 8. The van der Waals surface area contributed by atoms with Gasteiger partial charge in [0.2, 0.25) is 0 Å². The molecule has 8 nitrogen and oxygen atoms in total. The summed E-state index contributed by atoms with van der Waals surface area (Å²) in [5.74, 6) is 0.969. The number of carboxylic acid groups (broad SMARTS) is 1. The number of thioether (sulfide) groups is 1. The predicted octanol–water partition coefficient (Wildman–Crippen LogP) is 4.65. The van der Waals surface area contributed by atoms with Crippen LogP contribution in [0.25, 0.3) is 22.0 Å². The molecule has 9 heteroatoms. The molecule has 0 aliphatic heterocycles. The van der Waals surface area contributed by atoms with Gasteiger partial charge in [-0.2, -0.15) is 0 Å². The molecule has 2 aromatic carbocycles. The normalized spacial score (nSPS) is 10.9. The van der Waals surface area contributed by atoms with Crippen LogP contribution in [0.2, 0.25) is 0 Å². The van der Waals surface area contributed by atoms with Crippen molar-refractivity contribution in [2.45, 2.75) is 10.9 Å². The molecule has 170 valence electrons. The molecule has 0 fully saturated rings. The fourth-order valence-electron chi connectivity index (χ4n) is 3.66. The maximum Gasteiger partial charge on any atom is 0.338 e. The lowest BCUT2D eigenvalue weighted by Gasteiger charge is -2.17. The Morgan fingerprint density at radius 2 is 1.76 bits per heavy atom. The summed E-state index contributed by atoms with van der Waals surface area (Å²) in [7, 11) is 6.57. The number of aromatic nitrogens is 3. The van der Waals surface area contributed by atoms with Crippen molar-refractivity contribution in [1.82, 2.24) is 14.5 Å². The lowest BCUT2D eigenvalue weighted by molar-refractivity contribution is 0.0696. The van der Waals surface area contributed by atoms with Crippen molar-refractivity contribution >= 4 is 28.6 Å². The van der Waals surface area contributed by atoms with E-state index in [4.69, 9.17) is 19.2 Å². The van der Waals surface area contributed by atoms with E-state index in [0.29, 0.717) is 45.2 Å². The average Bonchev–Trinajstić information content (AvgIpc) is 3.25. The fraction of sp³-hybridized carbons (Fsp3) is 0.208. The van der Waals surface area contributed by atoms with E-state index >= 15 is 0 Å². The van der Waals surface area contributed by atoms with Gasteiger partial charge in [0, 0.05) is 42.2 Å². The number of hydrogen-bond donors (Lipinski definition) is 1. The first kappa shape index (κ1) is 22.5. The molecular weight excluding hydrogens is 442 g/mol. The van der Waals surface area contributed by atoms with Crippen LogP contribution in [0.1, 0.15) is 16.1 Å². The number of aryl methyl sites for hydroxylation is 1. The van der Waals surface area contributed by atoms with Crippen molar-refractivity contribution in [2.24, 2.45) is 7.05 Å². The smallest absolute Gasteiger partial charge is 0.338 e. The zero-order chi connectivity index (χ0) is 23.5. The summed E-state index contributed by atoms with van der Waals surface area (Å²) in [6.45, 7) is 0. The van der Waals surface area contributed by atoms with E-state index in [1.54, 1.807) is 51.8 Å². The van der Waals surface area contributed by atoms with Crippen molar-refractivity contribution in [3.05, 3.63) is 60.0 Å². The number of fused-ring (bicyclic) bond motifs is 1. The summed E-state index contributed by atoms with van der Waals surface area (Å²) in [6.07, 6.45) is 3.54. The number of aromatic carboxylic acids is 1. The van der Waals surface area contributed by atoms with Crippen LogP contribution in [0, 0.1) is 0 Å². The first-order chi connectivity index (χ1) is 16.0. The van der Waals surface area contributed by atoms with Gasteiger partial charge >= 0.3 is 5.97 Å². The van der Waals surface area contributed by atoms with Crippen LogP contribution in [-0.4, -0.2) is 46.9 Å². The number of ether oxygens (including phenoxy) is 3. The number of methoxy groups -OCH3 is 3. The second-order valence-electron chi connectivity index (χ2n) is 7.18. The van der Waals surface area contributed by atoms with Crippen molar-refractivity contribution < 1.29 is 24.1 Å². The van der Waals surface area contributed by atoms with Gasteiger partial charge < -0.3 is 23.9 Å². The van der Waals surface area contributed by atoms with E-state index in [0.717, 1.165) is 10.7 Å². The Morgan fingerprint density at radius 3 is 2.33 bits per heavy atom. The molecule has 2 heterocycles. The summed E-state index contributed by atoms with van der Waals surface area (Å²) < 4.78 is 18.1. The zero-order valence-electron chi connectivity index (χ0n) is 18.7. The monoisotopic (exact) mass is 465 g/mol. The molecule has 1 N–H and O–H groups in total. The third-order valence-electron chi connectivity index (χ3n) is 5.27. The maximum atomic E-state index is 12.5. The van der Waals surface area contributed by atoms with Gasteiger partial charge in [-0.15, -0.1) is 0 Å². The Kier molecular flexibility index (Phi) is 6.41. The first-order valence-corrected chi connectivity index (χ1v) is 11.0. The molecular formula is C24H23N3O5S. The van der Waals surface area contributed by atoms with Gasteiger partial charge in [0.25, 0.3) is 0 Å². The molecule has 4 aromatic rings. The topological polar surface area (TPSA) is 95.7 Å². The summed E-state index contributed by atoms with van der Waals surface area (Å²) >= 11 is 1.42. The fourth-order valence-corrected chi connectivity index (χ4v) is 4.53. The zero-order valence-corrected chi connectivity index (χ0v) is 19.5. The van der Waals surface area contributed by atoms with Gasteiger partial charge in [-0.3, -0.25) is 4.98 Å². The molecule has 0 unspecified atom stereocenters. The number of carbonyl (C=O) groups is 1. The predicted molar refractivity (Wildman–Crippen MR) is 127 cm³/mol. The lowest BCUT2D eigenvalue weighted by Crippen LogP contribution is -2.09. The molecule has 0 amide bonds. The highest BCUT2D eigenvalue weighted by Gasteiger charge is 2.24. The van der Waals surface area contributed by atoms with E-state index in [-0.39, 0.29) is 5.56 Å². The van der Waals surface area contributed by atoms with Crippen molar-refractivity contribution in [3.8, 4) is 28.4 Å². The van der Waals surface area contributed by atoms with Crippen LogP contribution in [0.5, 0.6) is 17.2 Å². The van der Waals surface area contributed by atoms with Crippen molar-refractivity contribution in [3.63, 3.8) is 0 Å². The van der Waals surface area contributed by atoms with E-state index in [2.05, 4.69) is 4.98 Å². The number of benzene rings is 2. The maximum absolute atomic E-state index is 12.5. The molecule has 0 bridgehead atoms. The van der Waals surface area contributed by atoms with Crippen LogP contribution >= 0.6 is 11.8 Å². The summed E-state index contributed by atoms with van der Waals surface area (Å²) in [5.41, 5.74) is 2.49. The largest absolute Gasteiger partial charge is 0.497 e. The average molecular weight is 466 g/mol. The molecule has 2 aromatic heterocycles. The van der Waals surface area contributed by atoms with Crippen LogP contribution in [0.3, 0.4) is 0 Å². The van der Waals surface area contributed by atoms with Crippen LogP contribution < -0.4 is 14.2 Å². The minimum absolute atomic E-state index is 0.140. The molecule has 0 aliphatic rings. The Balaban J connectivity index is 1.98. The van der Waals surface area contributed by atoms with Gasteiger partial charge in [-0.05, 0) is 23.8 Å². The Labute approximate surface area is 195 Å². The molecule has 0 spiro atoms. The lowest BCUT2D eigenvalue weighted by atomic mass is 9.94. The standard InChI is InChI=1S/C24H23N3O5S/c1-27-10-9-25-24(27)33-13-18-22(23(28)29)21(14-5-7-15(30-2)8-6-14)16-11-19(31-3)20(32-4)12-17(16)26-18/h5-12H,13H2,1-4H3,(H,28,29). The van der Waals surface area contributed by atoms with Crippen LogP contribution in [-0.2, 0) is 12.8 Å². The van der Waals surface area contributed by atoms with Gasteiger partial charge in [-0.25, -0.2) is 9.78 Å². The Bertz CT molecular complexity index is 1320. The quantitative estimate of drug-likeness (QED) is 0.376. The Morgan fingerprint density at radius 1 is 1.06 bits per heavy atom. The Hall–Kier alpha value is -3.72. The molecule has 0 atom stereocenters. The molecule has 0 radical (unpaired) electrons. The van der Waals surface area contributed by atoms with Gasteiger partial charge in [0.15, 0.2) is 16.7 Å². The van der Waals surface area contributed by atoms with Crippen molar-refractivity contribution in [1.29, 1.82) is 0 Å². The highest BCUT2D eigenvalue weighted by atomic mass is 32.2. The number of imidazole rings is 1. The van der Waals surface area contributed by atoms with Gasteiger partial charge in [0.1, 0.15) is 5.75 Å². The van der Waals surface area contributed by atoms with Gasteiger partial charge in [0.05, 0.1) is 38.1 Å². The second-order valence-corrected chi connectivity index (χ2v) is 8.12. The summed E-state index contributed by atoms with van der Waals surface area (Å²) in [5, 5.41) is 11.7. The molecule has 33 heavy (non-hydrogen) atoms. The van der Waals surface area contributed by atoms with E-state index in [1.807, 2.05) is 29.9 Å². The number of pyridine rings is 1. The van der Waals surface area contributed by atoms with Crippen LogP contribution in [0.15, 0.2) is 53.9 Å². The number of nitrogens with zero attached hydrogens (tertiary/aromatic N) is 3. The minimum Gasteiger partial charge on any atom is -0.497 e. The highest BCUT2D eigenvalue weighted by Crippen LogP contribution is 2.40. The molecule has 4 rings (SSSR count). The molecule has 0 saturated heterocycles. The minimum atomic E-state index is -1.06. The number of carboxylic acids is 1. The molecule has 0 aliphatic carbocycles. The third kappa shape index (κ3) is 4.31. The van der Waals surface area contributed by atoms with E-state index in [1.165, 1.54) is 11.8 Å². The second kappa shape index (κ2) is 9.41. The van der Waals surface area contributed by atoms with Gasteiger partial charge in [-0.1, -0.05) is 23.9 Å². The first-order valence-electron chi connectivity index (χ1n) is 10.0. The van der Waals surface area contributed by atoms with E-state index < -0.39 is 5.97 Å². The summed E-state index contributed by atoms with van der Waals surface area (Å²) in [4.78, 5) is 21.6. The van der Waals surface area contributed by atoms with E-state index in [9.17, 15) is 9.90 Å². The summed E-state index contributed by atoms with van der Waals surface area (Å²) in [6, 6.07) is 10.8. The third-order valence-corrected chi connectivity index (χ3v) is 6.34. The van der Waals surface area contributed by atoms with Crippen LogP contribution in [0.4, 0.5) is 0 Å².